The van der Waals surface area contributed by atoms with E-state index >= 15 is 0 Å². The molecule has 136 valence electrons. The molecule has 1 aromatic carbocycles. The van der Waals surface area contributed by atoms with E-state index in [1.165, 1.54) is 11.8 Å². The maximum absolute atomic E-state index is 12.8. The average molecular weight is 389 g/mol. The van der Waals surface area contributed by atoms with Crippen LogP contribution in [-0.2, 0) is 11.3 Å². The van der Waals surface area contributed by atoms with Gasteiger partial charge in [-0.3, -0.25) is 9.36 Å². The van der Waals surface area contributed by atoms with Gasteiger partial charge in [0.15, 0.2) is 5.16 Å². The summed E-state index contributed by atoms with van der Waals surface area (Å²) < 4.78 is 6.98. The Hall–Kier alpha value is -2.12. The molecule has 7 heteroatoms. The monoisotopic (exact) mass is 388 g/mol. The van der Waals surface area contributed by atoms with Crippen LogP contribution in [0.25, 0.3) is 10.2 Å². The number of nitrogens with zero attached hydrogens (tertiary/aromatic N) is 2. The molecule has 0 unspecified atom stereocenters. The lowest BCUT2D eigenvalue weighted by atomic mass is 10.2. The van der Waals surface area contributed by atoms with E-state index in [1.54, 1.807) is 40.2 Å². The standard InChI is InChI=1S/C19H20N2O3S2/c1-4-21-17(22)15-12(2)13(3)26-16(15)20-19(21)25-11-10-24-18(23)14-8-6-5-7-9-14/h5-9H,4,10-11H2,1-3H3. The first-order valence-electron chi connectivity index (χ1n) is 8.38. The van der Waals surface area contributed by atoms with Gasteiger partial charge < -0.3 is 4.74 Å². The third kappa shape index (κ3) is 3.68. The van der Waals surface area contributed by atoms with Gasteiger partial charge in [0.1, 0.15) is 11.4 Å². The van der Waals surface area contributed by atoms with Gasteiger partial charge in [0.2, 0.25) is 0 Å². The maximum Gasteiger partial charge on any atom is 0.338 e. The molecular formula is C19H20N2O3S2. The van der Waals surface area contributed by atoms with E-state index in [0.29, 0.717) is 28.4 Å². The van der Waals surface area contributed by atoms with Crippen LogP contribution in [0.5, 0.6) is 0 Å². The molecule has 3 rings (SSSR count). The molecular weight excluding hydrogens is 368 g/mol. The molecule has 0 aliphatic heterocycles. The number of ether oxygens (including phenoxy) is 1. The second-order valence-corrected chi connectivity index (χ2v) is 8.02. The average Bonchev–Trinajstić information content (AvgIpc) is 2.93. The smallest absolute Gasteiger partial charge is 0.338 e. The van der Waals surface area contributed by atoms with Crippen molar-refractivity contribution in [3.63, 3.8) is 0 Å². The minimum Gasteiger partial charge on any atom is -0.461 e. The SMILES string of the molecule is CCn1c(SCCOC(=O)c2ccccc2)nc2sc(C)c(C)c2c1=O. The van der Waals surface area contributed by atoms with Crippen LogP contribution in [0, 0.1) is 13.8 Å². The number of aryl methyl sites for hydroxylation is 2. The lowest BCUT2D eigenvalue weighted by Gasteiger charge is -2.10. The third-order valence-corrected chi connectivity index (χ3v) is 6.17. The first kappa shape index (κ1) is 18.7. The van der Waals surface area contributed by atoms with Crippen molar-refractivity contribution in [2.24, 2.45) is 0 Å². The molecule has 2 aromatic heterocycles. The van der Waals surface area contributed by atoms with Crippen LogP contribution < -0.4 is 5.56 Å². The van der Waals surface area contributed by atoms with Crippen LogP contribution in [-0.4, -0.2) is 27.9 Å². The minimum atomic E-state index is -0.341. The molecule has 0 aliphatic rings. The first-order valence-corrected chi connectivity index (χ1v) is 10.2. The third-order valence-electron chi connectivity index (χ3n) is 4.13. The van der Waals surface area contributed by atoms with Crippen molar-refractivity contribution in [2.45, 2.75) is 32.5 Å². The Kier molecular flexibility index (Phi) is 5.78. The fourth-order valence-corrected chi connectivity index (χ4v) is 4.57. The molecule has 26 heavy (non-hydrogen) atoms. The van der Waals surface area contributed by atoms with Crippen molar-refractivity contribution in [3.05, 3.63) is 56.7 Å². The molecule has 0 atom stereocenters. The van der Waals surface area contributed by atoms with Crippen molar-refractivity contribution in [3.8, 4) is 0 Å². The number of carbonyl (C=O) groups excluding carboxylic acids is 1. The highest BCUT2D eigenvalue weighted by molar-refractivity contribution is 7.99. The van der Waals surface area contributed by atoms with E-state index in [-0.39, 0.29) is 18.1 Å². The number of thiophene rings is 1. The summed E-state index contributed by atoms with van der Waals surface area (Å²) in [7, 11) is 0. The largest absolute Gasteiger partial charge is 0.461 e. The quantitative estimate of drug-likeness (QED) is 0.276. The molecule has 0 radical (unpaired) electrons. The van der Waals surface area contributed by atoms with E-state index in [1.807, 2.05) is 26.8 Å². The number of esters is 1. The minimum absolute atomic E-state index is 0.00290. The van der Waals surface area contributed by atoms with E-state index in [9.17, 15) is 9.59 Å². The Morgan fingerprint density at radius 3 is 2.69 bits per heavy atom. The van der Waals surface area contributed by atoms with Gasteiger partial charge in [0, 0.05) is 17.2 Å². The van der Waals surface area contributed by atoms with Crippen LogP contribution in [0.4, 0.5) is 0 Å². The first-order chi connectivity index (χ1) is 12.5. The van der Waals surface area contributed by atoms with Crippen molar-refractivity contribution in [1.82, 2.24) is 9.55 Å². The predicted molar refractivity (Wildman–Crippen MR) is 106 cm³/mol. The summed E-state index contributed by atoms with van der Waals surface area (Å²) in [5.74, 6) is 0.201. The molecule has 0 saturated heterocycles. The van der Waals surface area contributed by atoms with Gasteiger partial charge in [-0.2, -0.15) is 0 Å². The number of aromatic nitrogens is 2. The van der Waals surface area contributed by atoms with Crippen LogP contribution in [0.15, 0.2) is 40.3 Å². The lowest BCUT2D eigenvalue weighted by Crippen LogP contribution is -2.22. The number of thioether (sulfide) groups is 1. The Morgan fingerprint density at radius 1 is 1.27 bits per heavy atom. The Morgan fingerprint density at radius 2 is 2.00 bits per heavy atom. The van der Waals surface area contributed by atoms with E-state index in [0.717, 1.165) is 15.3 Å². The highest BCUT2D eigenvalue weighted by atomic mass is 32.2. The van der Waals surface area contributed by atoms with Crippen LogP contribution >= 0.6 is 23.1 Å². The zero-order chi connectivity index (χ0) is 18.7. The number of rotatable bonds is 6. The number of carbonyl (C=O) groups is 1. The van der Waals surface area contributed by atoms with Gasteiger partial charge in [0.25, 0.3) is 5.56 Å². The van der Waals surface area contributed by atoms with Gasteiger partial charge in [-0.05, 0) is 38.5 Å². The van der Waals surface area contributed by atoms with Crippen LogP contribution in [0.1, 0.15) is 27.7 Å². The molecule has 0 N–H and O–H groups in total. The van der Waals surface area contributed by atoms with Gasteiger partial charge in [-0.15, -0.1) is 11.3 Å². The van der Waals surface area contributed by atoms with Gasteiger partial charge in [-0.25, -0.2) is 9.78 Å². The summed E-state index contributed by atoms with van der Waals surface area (Å²) in [6.45, 7) is 6.73. The molecule has 0 saturated carbocycles. The Bertz CT molecular complexity index is 993. The number of hydrogen-bond acceptors (Lipinski definition) is 6. The zero-order valence-corrected chi connectivity index (χ0v) is 16.6. The van der Waals surface area contributed by atoms with E-state index in [2.05, 4.69) is 4.98 Å². The summed E-state index contributed by atoms with van der Waals surface area (Å²) >= 11 is 2.98. The molecule has 0 fully saturated rings. The second kappa shape index (κ2) is 8.05. The summed E-state index contributed by atoms with van der Waals surface area (Å²) in [5, 5.41) is 1.39. The van der Waals surface area contributed by atoms with Crippen LogP contribution in [0.2, 0.25) is 0 Å². The number of hydrogen-bond donors (Lipinski definition) is 0. The number of benzene rings is 1. The second-order valence-electron chi connectivity index (χ2n) is 5.76. The Labute approximate surface area is 160 Å². The predicted octanol–water partition coefficient (Wildman–Crippen LogP) is 4.04. The van der Waals surface area contributed by atoms with Crippen molar-refractivity contribution >= 4 is 39.3 Å². The maximum atomic E-state index is 12.8. The highest BCUT2D eigenvalue weighted by Crippen LogP contribution is 2.28. The Balaban J connectivity index is 1.71. The normalized spacial score (nSPS) is 11.0. The van der Waals surface area contributed by atoms with Gasteiger partial charge >= 0.3 is 5.97 Å². The van der Waals surface area contributed by atoms with Crippen molar-refractivity contribution in [2.75, 3.05) is 12.4 Å². The molecule has 5 nitrogen and oxygen atoms in total. The fourth-order valence-electron chi connectivity index (χ4n) is 2.62. The molecule has 0 amide bonds. The number of fused-ring (bicyclic) bond motifs is 1. The molecule has 0 spiro atoms. The summed E-state index contributed by atoms with van der Waals surface area (Å²) in [4.78, 5) is 31.3. The molecule has 2 heterocycles. The lowest BCUT2D eigenvalue weighted by molar-refractivity contribution is 0.0530. The van der Waals surface area contributed by atoms with Crippen molar-refractivity contribution < 1.29 is 9.53 Å². The highest BCUT2D eigenvalue weighted by Gasteiger charge is 2.16. The molecule has 0 aliphatic carbocycles. The molecule has 0 bridgehead atoms. The van der Waals surface area contributed by atoms with Crippen molar-refractivity contribution in [1.29, 1.82) is 0 Å². The van der Waals surface area contributed by atoms with Gasteiger partial charge in [0.05, 0.1) is 10.9 Å². The van der Waals surface area contributed by atoms with Crippen LogP contribution in [0.3, 0.4) is 0 Å². The van der Waals surface area contributed by atoms with Gasteiger partial charge in [-0.1, -0.05) is 30.0 Å². The summed E-state index contributed by atoms with van der Waals surface area (Å²) in [6, 6.07) is 8.90. The van der Waals surface area contributed by atoms with E-state index in [4.69, 9.17) is 4.74 Å². The topological polar surface area (TPSA) is 61.2 Å². The summed E-state index contributed by atoms with van der Waals surface area (Å²) in [6.07, 6.45) is 0. The van der Waals surface area contributed by atoms with E-state index < -0.39 is 0 Å². The summed E-state index contributed by atoms with van der Waals surface area (Å²) in [5.41, 5.74) is 1.55. The molecule has 3 aromatic rings. The fraction of sp³-hybridized carbons (Fsp3) is 0.316. The zero-order valence-electron chi connectivity index (χ0n) is 14.9.